The van der Waals surface area contributed by atoms with E-state index in [1.165, 1.54) is 10.4 Å². The molecule has 0 aliphatic carbocycles. The lowest BCUT2D eigenvalue weighted by atomic mass is 9.87. The van der Waals surface area contributed by atoms with Crippen molar-refractivity contribution in [2.45, 2.75) is 51.0 Å². The van der Waals surface area contributed by atoms with Gasteiger partial charge >= 0.3 is 0 Å². The van der Waals surface area contributed by atoms with E-state index in [4.69, 9.17) is 9.47 Å². The summed E-state index contributed by atoms with van der Waals surface area (Å²) >= 11 is 1.58. The van der Waals surface area contributed by atoms with Crippen LogP contribution in [-0.4, -0.2) is 57.4 Å². The van der Waals surface area contributed by atoms with Crippen LogP contribution in [-0.2, 0) is 33.2 Å². The minimum absolute atomic E-state index is 0.0244. The lowest BCUT2D eigenvalue weighted by molar-refractivity contribution is -0.131. The van der Waals surface area contributed by atoms with Crippen LogP contribution in [0.15, 0.2) is 71.5 Å². The van der Waals surface area contributed by atoms with Crippen molar-refractivity contribution in [3.8, 4) is 11.5 Å². The summed E-state index contributed by atoms with van der Waals surface area (Å²) in [5.41, 5.74) is 3.01. The van der Waals surface area contributed by atoms with Gasteiger partial charge in [0.05, 0.1) is 32.2 Å². The zero-order valence-corrected chi connectivity index (χ0v) is 25.9. The fourth-order valence-corrected chi connectivity index (χ4v) is 6.53. The molecule has 0 spiro atoms. The van der Waals surface area contributed by atoms with E-state index in [1.54, 1.807) is 42.6 Å². The third kappa shape index (κ3) is 7.74. The van der Waals surface area contributed by atoms with Crippen LogP contribution < -0.4 is 9.47 Å². The molecule has 1 amide bonds. The zero-order chi connectivity index (χ0) is 29.5. The Morgan fingerprint density at radius 2 is 1.70 bits per heavy atom. The molecule has 0 bridgehead atoms. The maximum absolute atomic E-state index is 13.7. The molecule has 1 heterocycles. The maximum atomic E-state index is 13.7. The van der Waals surface area contributed by atoms with E-state index in [0.717, 1.165) is 21.6 Å². The molecule has 0 saturated carbocycles. The van der Waals surface area contributed by atoms with Gasteiger partial charge in [-0.1, -0.05) is 45.0 Å². The standard InChI is InChI=1S/C31H40N2O5S2/c1-8-17-33(40(35,36)26-12-10-25(11-13-26)31(3,4)5)22-30(34)32(21-29-23(2)16-19-39-29)18-15-24-9-14-27(37-6)28(20-24)38-7/h8-14,16,19-20H,1,15,17-18,21-22H2,2-7H3. The molecule has 9 heteroatoms. The van der Waals surface area contributed by atoms with Crippen molar-refractivity contribution in [2.75, 3.05) is 33.9 Å². The smallest absolute Gasteiger partial charge is 0.243 e. The molecule has 0 aliphatic heterocycles. The number of rotatable bonds is 13. The summed E-state index contributed by atoms with van der Waals surface area (Å²) in [4.78, 5) is 16.7. The number of amides is 1. The number of benzene rings is 2. The second-order valence-corrected chi connectivity index (χ2v) is 13.6. The fourth-order valence-electron chi connectivity index (χ4n) is 4.25. The summed E-state index contributed by atoms with van der Waals surface area (Å²) < 4.78 is 39.2. The number of carbonyl (C=O) groups excluding carboxylic acids is 1. The van der Waals surface area contributed by atoms with Gasteiger partial charge in [-0.05, 0) is 71.2 Å². The molecule has 0 fully saturated rings. The molecule has 0 saturated heterocycles. The Morgan fingerprint density at radius 3 is 2.25 bits per heavy atom. The number of sulfonamides is 1. The Balaban J connectivity index is 1.85. The van der Waals surface area contributed by atoms with E-state index in [2.05, 4.69) is 27.4 Å². The number of aryl methyl sites for hydroxylation is 1. The highest BCUT2D eigenvalue weighted by Gasteiger charge is 2.28. The van der Waals surface area contributed by atoms with Gasteiger partial charge in [-0.15, -0.1) is 17.9 Å². The Labute approximate surface area is 243 Å². The Hall–Kier alpha value is -3.14. The predicted molar refractivity (Wildman–Crippen MR) is 162 cm³/mol. The molecule has 2 aromatic carbocycles. The molecule has 216 valence electrons. The molecular weight excluding hydrogens is 544 g/mol. The van der Waals surface area contributed by atoms with Crippen LogP contribution in [0.3, 0.4) is 0 Å². The van der Waals surface area contributed by atoms with E-state index in [0.29, 0.717) is 31.0 Å². The molecular formula is C31H40N2O5S2. The molecule has 3 aromatic rings. The molecule has 0 N–H and O–H groups in total. The highest BCUT2D eigenvalue weighted by Crippen LogP contribution is 2.28. The molecule has 0 radical (unpaired) electrons. The van der Waals surface area contributed by atoms with Crippen LogP contribution in [0.4, 0.5) is 0 Å². The first-order valence-corrected chi connectivity index (χ1v) is 15.5. The van der Waals surface area contributed by atoms with Crippen LogP contribution in [0.25, 0.3) is 0 Å². The van der Waals surface area contributed by atoms with E-state index < -0.39 is 10.0 Å². The van der Waals surface area contributed by atoms with Crippen LogP contribution >= 0.6 is 11.3 Å². The third-order valence-corrected chi connectivity index (χ3v) is 9.61. The van der Waals surface area contributed by atoms with Gasteiger partial charge in [-0.25, -0.2) is 8.42 Å². The number of nitrogens with zero attached hydrogens (tertiary/aromatic N) is 2. The summed E-state index contributed by atoms with van der Waals surface area (Å²) in [6.07, 6.45) is 2.07. The van der Waals surface area contributed by atoms with Crippen molar-refractivity contribution < 1.29 is 22.7 Å². The number of ether oxygens (including phenoxy) is 2. The molecule has 0 unspecified atom stereocenters. The minimum atomic E-state index is -3.92. The Morgan fingerprint density at radius 1 is 1.02 bits per heavy atom. The van der Waals surface area contributed by atoms with Gasteiger partial charge in [-0.2, -0.15) is 4.31 Å². The first kappa shape index (κ1) is 31.4. The topological polar surface area (TPSA) is 76.2 Å². The maximum Gasteiger partial charge on any atom is 0.243 e. The van der Waals surface area contributed by atoms with Crippen molar-refractivity contribution in [3.05, 3.63) is 88.1 Å². The first-order chi connectivity index (χ1) is 18.9. The number of hydrogen-bond donors (Lipinski definition) is 0. The van der Waals surface area contributed by atoms with Crippen molar-refractivity contribution in [1.29, 1.82) is 0 Å². The average Bonchev–Trinajstić information content (AvgIpc) is 3.33. The Bertz CT molecular complexity index is 1410. The third-order valence-electron chi connectivity index (χ3n) is 6.78. The van der Waals surface area contributed by atoms with Gasteiger partial charge < -0.3 is 14.4 Å². The second-order valence-electron chi connectivity index (χ2n) is 10.6. The molecule has 0 atom stereocenters. The van der Waals surface area contributed by atoms with E-state index in [9.17, 15) is 13.2 Å². The number of methoxy groups -OCH3 is 2. The largest absolute Gasteiger partial charge is 0.493 e. The van der Waals surface area contributed by atoms with Gasteiger partial charge in [-0.3, -0.25) is 4.79 Å². The average molecular weight is 585 g/mol. The van der Waals surface area contributed by atoms with Crippen LogP contribution in [0.2, 0.25) is 0 Å². The van der Waals surface area contributed by atoms with E-state index in [-0.39, 0.29) is 29.3 Å². The molecule has 40 heavy (non-hydrogen) atoms. The van der Waals surface area contributed by atoms with Crippen molar-refractivity contribution in [3.63, 3.8) is 0 Å². The molecule has 3 rings (SSSR count). The number of thiophene rings is 1. The lowest BCUT2D eigenvalue weighted by Gasteiger charge is -2.27. The molecule has 7 nitrogen and oxygen atoms in total. The second kappa shape index (κ2) is 13.5. The van der Waals surface area contributed by atoms with E-state index >= 15 is 0 Å². The SMILES string of the molecule is C=CCN(CC(=O)N(CCc1ccc(OC)c(OC)c1)Cc1sccc1C)S(=O)(=O)c1ccc(C(C)(C)C)cc1. The summed E-state index contributed by atoms with van der Waals surface area (Å²) in [5, 5.41) is 2.00. The van der Waals surface area contributed by atoms with Gasteiger partial charge in [0.1, 0.15) is 0 Å². The minimum Gasteiger partial charge on any atom is -0.493 e. The summed E-state index contributed by atoms with van der Waals surface area (Å²) in [6.45, 7) is 12.5. The zero-order valence-electron chi connectivity index (χ0n) is 24.3. The Kier molecular flexibility index (Phi) is 10.6. The first-order valence-electron chi connectivity index (χ1n) is 13.1. The normalized spacial score (nSPS) is 11.9. The quantitative estimate of drug-likeness (QED) is 0.237. The van der Waals surface area contributed by atoms with Crippen molar-refractivity contribution in [1.82, 2.24) is 9.21 Å². The van der Waals surface area contributed by atoms with Crippen LogP contribution in [0.1, 0.15) is 42.3 Å². The molecule has 0 aliphatic rings. The fraction of sp³-hybridized carbons (Fsp3) is 0.387. The number of carbonyl (C=O) groups is 1. The highest BCUT2D eigenvalue weighted by molar-refractivity contribution is 7.89. The monoisotopic (exact) mass is 584 g/mol. The van der Waals surface area contributed by atoms with Crippen molar-refractivity contribution in [2.24, 2.45) is 0 Å². The van der Waals surface area contributed by atoms with Gasteiger partial charge in [0, 0.05) is 18.0 Å². The van der Waals surface area contributed by atoms with Crippen LogP contribution in [0, 0.1) is 6.92 Å². The van der Waals surface area contributed by atoms with Crippen molar-refractivity contribution >= 4 is 27.3 Å². The molecule has 1 aromatic heterocycles. The van der Waals surface area contributed by atoms with Crippen LogP contribution in [0.5, 0.6) is 11.5 Å². The summed E-state index contributed by atoms with van der Waals surface area (Å²) in [5.74, 6) is 0.979. The van der Waals surface area contributed by atoms with Gasteiger partial charge in [0.25, 0.3) is 0 Å². The van der Waals surface area contributed by atoms with Gasteiger partial charge in [0.15, 0.2) is 11.5 Å². The van der Waals surface area contributed by atoms with Gasteiger partial charge in [0.2, 0.25) is 15.9 Å². The summed E-state index contributed by atoms with van der Waals surface area (Å²) in [7, 11) is -0.749. The predicted octanol–water partition coefficient (Wildman–Crippen LogP) is 5.82. The van der Waals surface area contributed by atoms with E-state index in [1.807, 2.05) is 48.7 Å². The summed E-state index contributed by atoms with van der Waals surface area (Å²) in [6, 6.07) is 14.6. The highest BCUT2D eigenvalue weighted by atomic mass is 32.2. The lowest BCUT2D eigenvalue weighted by Crippen LogP contribution is -2.43. The number of hydrogen-bond acceptors (Lipinski definition) is 6.